The van der Waals surface area contributed by atoms with Crippen molar-refractivity contribution in [2.75, 3.05) is 18.4 Å². The van der Waals surface area contributed by atoms with Gasteiger partial charge in [-0.2, -0.15) is 5.10 Å². The molecule has 0 bridgehead atoms. The van der Waals surface area contributed by atoms with Gasteiger partial charge in [0.1, 0.15) is 0 Å². The summed E-state index contributed by atoms with van der Waals surface area (Å²) >= 11 is 0. The Kier molecular flexibility index (Phi) is 6.77. The third-order valence-corrected chi connectivity index (χ3v) is 6.32. The van der Waals surface area contributed by atoms with Crippen LogP contribution in [0, 0.1) is 34.6 Å². The van der Waals surface area contributed by atoms with Gasteiger partial charge in [-0.1, -0.05) is 0 Å². The maximum Gasteiger partial charge on any atom is 0.246 e. The maximum absolute atomic E-state index is 13.0. The van der Waals surface area contributed by atoms with Crippen LogP contribution >= 0.6 is 0 Å². The molecular formula is C26H33N7O. The average Bonchev–Trinajstić information content (AvgIpc) is 3.02. The van der Waals surface area contributed by atoms with Crippen LogP contribution in [0.4, 0.5) is 11.6 Å². The van der Waals surface area contributed by atoms with Gasteiger partial charge in [-0.05, 0) is 71.7 Å². The van der Waals surface area contributed by atoms with Crippen molar-refractivity contribution in [2.24, 2.45) is 7.05 Å². The van der Waals surface area contributed by atoms with Crippen molar-refractivity contribution in [1.82, 2.24) is 29.6 Å². The van der Waals surface area contributed by atoms with Gasteiger partial charge in [0.05, 0.1) is 5.69 Å². The van der Waals surface area contributed by atoms with Gasteiger partial charge >= 0.3 is 0 Å². The summed E-state index contributed by atoms with van der Waals surface area (Å²) in [4.78, 5) is 28.7. The molecule has 1 amide bonds. The molecule has 8 nitrogen and oxygen atoms in total. The predicted octanol–water partition coefficient (Wildman–Crippen LogP) is 4.31. The van der Waals surface area contributed by atoms with Crippen LogP contribution in [0.3, 0.4) is 0 Å². The lowest BCUT2D eigenvalue weighted by Gasteiger charge is -2.32. The van der Waals surface area contributed by atoms with Crippen molar-refractivity contribution in [3.05, 3.63) is 64.0 Å². The van der Waals surface area contributed by atoms with Crippen LogP contribution in [0.5, 0.6) is 0 Å². The lowest BCUT2D eigenvalue weighted by Crippen LogP contribution is -2.38. The second-order valence-corrected chi connectivity index (χ2v) is 9.19. The monoisotopic (exact) mass is 459 g/mol. The molecule has 4 heterocycles. The number of aromatic nitrogens is 5. The average molecular weight is 460 g/mol. The number of aryl methyl sites for hydroxylation is 5. The van der Waals surface area contributed by atoms with Gasteiger partial charge < -0.3 is 10.2 Å². The van der Waals surface area contributed by atoms with Gasteiger partial charge in [-0.3, -0.25) is 14.5 Å². The standard InChI is InChI=1S/C26H33N7O/c1-16-12-17(2)29-26(28-16)30-22-13-18(3)27-24(14-22)21-8-7-11-33(15-21)25(34)10-9-23-19(4)31-32(6)20(23)5/h9-10,12-14,21H,7-8,11,15H2,1-6H3,(H,27,28,29,30)/b10-9+. The zero-order valence-electron chi connectivity index (χ0n) is 20.9. The van der Waals surface area contributed by atoms with Crippen LogP contribution in [-0.2, 0) is 11.8 Å². The Labute approximate surface area is 201 Å². The molecule has 1 aliphatic rings. The van der Waals surface area contributed by atoms with Crippen LogP contribution in [0.1, 0.15) is 58.5 Å². The molecule has 8 heteroatoms. The fraction of sp³-hybridized carbons (Fsp3) is 0.423. The second-order valence-electron chi connectivity index (χ2n) is 9.19. The van der Waals surface area contributed by atoms with Crippen molar-refractivity contribution in [1.29, 1.82) is 0 Å². The molecule has 1 saturated heterocycles. The normalized spacial score (nSPS) is 16.3. The fourth-order valence-corrected chi connectivity index (χ4v) is 4.60. The Balaban J connectivity index is 1.49. The highest BCUT2D eigenvalue weighted by molar-refractivity contribution is 5.92. The number of piperidine rings is 1. The number of nitrogens with one attached hydrogen (secondary N) is 1. The first-order chi connectivity index (χ1) is 16.2. The van der Waals surface area contributed by atoms with E-state index >= 15 is 0 Å². The summed E-state index contributed by atoms with van der Waals surface area (Å²) in [5.41, 5.74) is 7.67. The first kappa shape index (κ1) is 23.6. The summed E-state index contributed by atoms with van der Waals surface area (Å²) in [5.74, 6) is 0.802. The van der Waals surface area contributed by atoms with Crippen molar-refractivity contribution in [3.8, 4) is 0 Å². The molecule has 1 unspecified atom stereocenters. The first-order valence-corrected chi connectivity index (χ1v) is 11.7. The molecule has 0 aromatic carbocycles. The van der Waals surface area contributed by atoms with Gasteiger partial charge in [0.2, 0.25) is 11.9 Å². The van der Waals surface area contributed by atoms with Crippen LogP contribution < -0.4 is 5.32 Å². The summed E-state index contributed by atoms with van der Waals surface area (Å²) in [6, 6.07) is 6.01. The molecule has 34 heavy (non-hydrogen) atoms. The zero-order valence-corrected chi connectivity index (χ0v) is 20.9. The lowest BCUT2D eigenvalue weighted by molar-refractivity contribution is -0.127. The summed E-state index contributed by atoms with van der Waals surface area (Å²) < 4.78 is 1.84. The van der Waals surface area contributed by atoms with Gasteiger partial charge in [-0.15, -0.1) is 0 Å². The van der Waals surface area contributed by atoms with Crippen LogP contribution in [0.15, 0.2) is 24.3 Å². The van der Waals surface area contributed by atoms with E-state index in [4.69, 9.17) is 4.98 Å². The minimum Gasteiger partial charge on any atom is -0.338 e. The maximum atomic E-state index is 13.0. The number of nitrogens with zero attached hydrogens (tertiary/aromatic N) is 6. The van der Waals surface area contributed by atoms with Crippen molar-refractivity contribution in [2.45, 2.75) is 53.4 Å². The number of amides is 1. The summed E-state index contributed by atoms with van der Waals surface area (Å²) in [7, 11) is 1.92. The van der Waals surface area contributed by atoms with E-state index in [1.54, 1.807) is 6.08 Å². The number of anilines is 2. The van der Waals surface area contributed by atoms with Crippen LogP contribution in [0.2, 0.25) is 0 Å². The third-order valence-electron chi connectivity index (χ3n) is 6.32. The Morgan fingerprint density at radius 3 is 2.41 bits per heavy atom. The van der Waals surface area contributed by atoms with Crippen molar-refractivity contribution < 1.29 is 4.79 Å². The molecule has 3 aromatic rings. The third kappa shape index (κ3) is 5.32. The van der Waals surface area contributed by atoms with E-state index in [9.17, 15) is 4.79 Å². The summed E-state index contributed by atoms with van der Waals surface area (Å²) in [6.07, 6.45) is 5.52. The number of pyridine rings is 1. The molecule has 1 N–H and O–H groups in total. The summed E-state index contributed by atoms with van der Waals surface area (Å²) in [5, 5.41) is 7.76. The molecule has 0 aliphatic carbocycles. The van der Waals surface area contributed by atoms with Crippen LogP contribution in [0.25, 0.3) is 6.08 Å². The highest BCUT2D eigenvalue weighted by Crippen LogP contribution is 2.29. The minimum atomic E-state index is 0.0296. The zero-order chi connectivity index (χ0) is 24.4. The van der Waals surface area contributed by atoms with E-state index < -0.39 is 0 Å². The number of carbonyl (C=O) groups is 1. The quantitative estimate of drug-likeness (QED) is 0.572. The van der Waals surface area contributed by atoms with E-state index in [1.165, 1.54) is 0 Å². The van der Waals surface area contributed by atoms with Crippen LogP contribution in [-0.4, -0.2) is 48.6 Å². The topological polar surface area (TPSA) is 88.8 Å². The van der Waals surface area contributed by atoms with Gasteiger partial charge in [0.15, 0.2) is 0 Å². The Hall–Kier alpha value is -3.55. The number of rotatable bonds is 5. The highest BCUT2D eigenvalue weighted by atomic mass is 16.2. The van der Waals surface area contributed by atoms with E-state index in [2.05, 4.69) is 26.4 Å². The molecule has 1 aliphatic heterocycles. The molecule has 4 rings (SSSR count). The smallest absolute Gasteiger partial charge is 0.246 e. The van der Waals surface area contributed by atoms with Crippen molar-refractivity contribution >= 4 is 23.6 Å². The van der Waals surface area contributed by atoms with E-state index in [0.717, 1.165) is 64.8 Å². The number of carbonyl (C=O) groups excluding carboxylic acids is 1. The highest BCUT2D eigenvalue weighted by Gasteiger charge is 2.25. The minimum absolute atomic E-state index is 0.0296. The predicted molar refractivity (Wildman–Crippen MR) is 134 cm³/mol. The Morgan fingerprint density at radius 1 is 1.03 bits per heavy atom. The van der Waals surface area contributed by atoms with Gasteiger partial charge in [0, 0.05) is 71.9 Å². The van der Waals surface area contributed by atoms with E-state index in [1.807, 2.05) is 69.5 Å². The first-order valence-electron chi connectivity index (χ1n) is 11.7. The van der Waals surface area contributed by atoms with Gasteiger partial charge in [-0.25, -0.2) is 9.97 Å². The Bertz CT molecular complexity index is 1220. The molecule has 178 valence electrons. The molecule has 1 fully saturated rings. The molecule has 1 atom stereocenters. The van der Waals surface area contributed by atoms with E-state index in [-0.39, 0.29) is 11.8 Å². The second kappa shape index (κ2) is 9.75. The van der Waals surface area contributed by atoms with Crippen molar-refractivity contribution in [3.63, 3.8) is 0 Å². The molecular weight excluding hydrogens is 426 g/mol. The molecule has 0 saturated carbocycles. The largest absolute Gasteiger partial charge is 0.338 e. The van der Waals surface area contributed by atoms with Gasteiger partial charge in [0.25, 0.3) is 0 Å². The summed E-state index contributed by atoms with van der Waals surface area (Å²) in [6.45, 7) is 11.3. The number of hydrogen-bond donors (Lipinski definition) is 1. The molecule has 0 radical (unpaired) electrons. The number of likely N-dealkylation sites (tertiary alicyclic amines) is 1. The SMILES string of the molecule is Cc1cc(Nc2nc(C)cc(C)n2)cc(C2CCCN(C(=O)/C=C/c3c(C)nn(C)c3C)C2)n1. The number of hydrogen-bond acceptors (Lipinski definition) is 6. The Morgan fingerprint density at radius 2 is 1.74 bits per heavy atom. The van der Waals surface area contributed by atoms with E-state index in [0.29, 0.717) is 12.5 Å². The lowest BCUT2D eigenvalue weighted by atomic mass is 9.93. The fourth-order valence-electron chi connectivity index (χ4n) is 4.60. The molecule has 3 aromatic heterocycles. The molecule has 0 spiro atoms.